The summed E-state index contributed by atoms with van der Waals surface area (Å²) in [5.41, 5.74) is 5.27. The van der Waals surface area contributed by atoms with Crippen LogP contribution in [0.15, 0.2) is 71.7 Å². The number of aryl methyl sites for hydroxylation is 1. The molecular formula is C30H33N5O2. The van der Waals surface area contributed by atoms with Crippen molar-refractivity contribution in [1.29, 1.82) is 0 Å². The molecule has 1 saturated heterocycles. The summed E-state index contributed by atoms with van der Waals surface area (Å²) in [4.78, 5) is 38.0. The van der Waals surface area contributed by atoms with Crippen molar-refractivity contribution in [3.05, 3.63) is 93.9 Å². The number of rotatable bonds is 6. The minimum atomic E-state index is -0.227. The van der Waals surface area contributed by atoms with E-state index in [0.717, 1.165) is 24.1 Å². The predicted molar refractivity (Wildman–Crippen MR) is 148 cm³/mol. The fourth-order valence-corrected chi connectivity index (χ4v) is 4.87. The van der Waals surface area contributed by atoms with Gasteiger partial charge in [-0.2, -0.15) is 0 Å². The van der Waals surface area contributed by atoms with Gasteiger partial charge in [0.1, 0.15) is 5.52 Å². The average molecular weight is 496 g/mol. The maximum absolute atomic E-state index is 13.7. The first-order chi connectivity index (χ1) is 17.9. The average Bonchev–Trinajstić information content (AvgIpc) is 2.91. The molecular weight excluding hydrogens is 462 g/mol. The van der Waals surface area contributed by atoms with Crippen LogP contribution in [0.1, 0.15) is 49.3 Å². The summed E-state index contributed by atoms with van der Waals surface area (Å²) in [6.07, 6.45) is 3.28. The van der Waals surface area contributed by atoms with Gasteiger partial charge in [-0.05, 0) is 61.1 Å². The predicted octanol–water partition coefficient (Wildman–Crippen LogP) is 5.13. The third-order valence-corrected chi connectivity index (χ3v) is 7.08. The molecule has 0 aliphatic carbocycles. The van der Waals surface area contributed by atoms with E-state index in [-0.39, 0.29) is 17.4 Å². The van der Waals surface area contributed by atoms with E-state index in [0.29, 0.717) is 42.5 Å². The lowest BCUT2D eigenvalue weighted by atomic mass is 9.97. The first-order valence-electron chi connectivity index (χ1n) is 13.0. The highest BCUT2D eigenvalue weighted by atomic mass is 16.2. The Bertz CT molecular complexity index is 1460. The maximum atomic E-state index is 13.7. The van der Waals surface area contributed by atoms with E-state index in [2.05, 4.69) is 36.3 Å². The van der Waals surface area contributed by atoms with Crippen LogP contribution in [-0.4, -0.2) is 33.5 Å². The number of hydrogen-bond donors (Lipinski definition) is 1. The van der Waals surface area contributed by atoms with Gasteiger partial charge < -0.3 is 10.2 Å². The van der Waals surface area contributed by atoms with Gasteiger partial charge in [-0.15, -0.1) is 0 Å². The Labute approximate surface area is 217 Å². The second kappa shape index (κ2) is 10.5. The van der Waals surface area contributed by atoms with Crippen molar-refractivity contribution in [2.75, 3.05) is 23.3 Å². The molecule has 0 radical (unpaired) electrons. The van der Waals surface area contributed by atoms with Crippen LogP contribution in [0.25, 0.3) is 11.2 Å². The molecule has 0 saturated carbocycles. The maximum Gasteiger partial charge on any atom is 0.295 e. The first kappa shape index (κ1) is 24.7. The van der Waals surface area contributed by atoms with E-state index in [1.807, 2.05) is 60.4 Å². The number of benzene rings is 2. The molecule has 1 fully saturated rings. The fraction of sp³-hybridized carbons (Fsp3) is 0.333. The van der Waals surface area contributed by atoms with Gasteiger partial charge in [0, 0.05) is 25.0 Å². The van der Waals surface area contributed by atoms with Crippen LogP contribution in [0.4, 0.5) is 11.5 Å². The Kier molecular flexibility index (Phi) is 7.04. The van der Waals surface area contributed by atoms with Gasteiger partial charge in [0.2, 0.25) is 5.91 Å². The fourth-order valence-electron chi connectivity index (χ4n) is 4.87. The Balaban J connectivity index is 1.40. The minimum Gasteiger partial charge on any atom is -0.351 e. The van der Waals surface area contributed by atoms with E-state index in [4.69, 9.17) is 4.98 Å². The smallest absolute Gasteiger partial charge is 0.295 e. The summed E-state index contributed by atoms with van der Waals surface area (Å²) in [5.74, 6) is 0.571. The summed E-state index contributed by atoms with van der Waals surface area (Å²) in [6.45, 7) is 7.89. The molecule has 2 aromatic carbocycles. The molecule has 1 amide bonds. The van der Waals surface area contributed by atoms with Crippen LogP contribution >= 0.6 is 0 Å². The quantitative estimate of drug-likeness (QED) is 0.401. The third kappa shape index (κ3) is 5.40. The lowest BCUT2D eigenvalue weighted by molar-refractivity contribution is -0.120. The van der Waals surface area contributed by atoms with Crippen molar-refractivity contribution in [3.8, 4) is 0 Å². The zero-order valence-electron chi connectivity index (χ0n) is 21.6. The molecule has 37 heavy (non-hydrogen) atoms. The van der Waals surface area contributed by atoms with Crippen LogP contribution in [0, 0.1) is 12.8 Å². The Morgan fingerprint density at radius 3 is 2.57 bits per heavy atom. The zero-order chi connectivity index (χ0) is 25.9. The molecule has 7 heteroatoms. The monoisotopic (exact) mass is 495 g/mol. The molecule has 2 aromatic heterocycles. The van der Waals surface area contributed by atoms with Gasteiger partial charge in [-0.3, -0.25) is 14.2 Å². The van der Waals surface area contributed by atoms with Crippen molar-refractivity contribution < 1.29 is 4.79 Å². The minimum absolute atomic E-state index is 0.0237. The molecule has 7 nitrogen and oxygen atoms in total. The summed E-state index contributed by atoms with van der Waals surface area (Å²) in [5, 5.41) is 3.06. The molecule has 0 bridgehead atoms. The molecule has 1 aliphatic rings. The highest BCUT2D eigenvalue weighted by Crippen LogP contribution is 2.24. The molecule has 3 heterocycles. The van der Waals surface area contributed by atoms with Crippen molar-refractivity contribution in [2.45, 2.75) is 46.1 Å². The second-order valence-corrected chi connectivity index (χ2v) is 10.2. The van der Waals surface area contributed by atoms with Crippen LogP contribution < -0.4 is 15.8 Å². The Morgan fingerprint density at radius 2 is 1.84 bits per heavy atom. The van der Waals surface area contributed by atoms with Gasteiger partial charge in [-0.1, -0.05) is 55.8 Å². The van der Waals surface area contributed by atoms with Crippen LogP contribution in [0.5, 0.6) is 0 Å². The summed E-state index contributed by atoms with van der Waals surface area (Å²) < 4.78 is 1.70. The first-order valence-corrected chi connectivity index (χ1v) is 13.0. The standard InChI is InChI=1S/C30H33N5O2/c1-20(2)23-12-14-25(15-13-23)32-29(36)24-6-5-17-34(19-24)28-30(37)35(18-22-10-8-21(3)9-11-22)27-26(33-28)7-4-16-31-27/h4,7-16,20,24H,5-6,17-19H2,1-3H3,(H,32,36)/t24-/m0/s1. The number of carbonyl (C=O) groups is 1. The van der Waals surface area contributed by atoms with Crippen molar-refractivity contribution in [1.82, 2.24) is 14.5 Å². The normalized spacial score (nSPS) is 15.8. The Hall–Kier alpha value is -4.00. The molecule has 190 valence electrons. The molecule has 1 aliphatic heterocycles. The van der Waals surface area contributed by atoms with E-state index in [1.54, 1.807) is 10.8 Å². The highest BCUT2D eigenvalue weighted by Gasteiger charge is 2.29. The largest absolute Gasteiger partial charge is 0.351 e. The Morgan fingerprint density at radius 1 is 1.08 bits per heavy atom. The summed E-state index contributed by atoms with van der Waals surface area (Å²) in [7, 11) is 0. The number of aromatic nitrogens is 3. The molecule has 4 aromatic rings. The second-order valence-electron chi connectivity index (χ2n) is 10.2. The molecule has 1 atom stereocenters. The van der Waals surface area contributed by atoms with Gasteiger partial charge in [0.05, 0.1) is 12.5 Å². The molecule has 5 rings (SSSR count). The van der Waals surface area contributed by atoms with E-state index >= 15 is 0 Å². The van der Waals surface area contributed by atoms with Gasteiger partial charge in [0.15, 0.2) is 11.5 Å². The molecule has 0 spiro atoms. The number of anilines is 2. The highest BCUT2D eigenvalue weighted by molar-refractivity contribution is 5.93. The summed E-state index contributed by atoms with van der Waals surface area (Å²) in [6, 6.07) is 19.9. The summed E-state index contributed by atoms with van der Waals surface area (Å²) >= 11 is 0. The number of carbonyl (C=O) groups excluding carboxylic acids is 1. The van der Waals surface area contributed by atoms with Crippen molar-refractivity contribution in [2.24, 2.45) is 5.92 Å². The van der Waals surface area contributed by atoms with Gasteiger partial charge >= 0.3 is 0 Å². The van der Waals surface area contributed by atoms with Crippen LogP contribution in [0.3, 0.4) is 0 Å². The van der Waals surface area contributed by atoms with Crippen LogP contribution in [-0.2, 0) is 11.3 Å². The van der Waals surface area contributed by atoms with E-state index in [1.165, 1.54) is 11.1 Å². The third-order valence-electron chi connectivity index (χ3n) is 7.08. The molecule has 0 unspecified atom stereocenters. The lowest BCUT2D eigenvalue weighted by Gasteiger charge is -2.32. The molecule has 1 N–H and O–H groups in total. The number of amides is 1. The number of piperidine rings is 1. The van der Waals surface area contributed by atoms with Gasteiger partial charge in [-0.25, -0.2) is 9.97 Å². The topological polar surface area (TPSA) is 80.1 Å². The lowest BCUT2D eigenvalue weighted by Crippen LogP contribution is -2.44. The number of fused-ring (bicyclic) bond motifs is 1. The van der Waals surface area contributed by atoms with Crippen molar-refractivity contribution in [3.63, 3.8) is 0 Å². The number of pyridine rings is 1. The van der Waals surface area contributed by atoms with E-state index in [9.17, 15) is 9.59 Å². The van der Waals surface area contributed by atoms with Crippen molar-refractivity contribution >= 4 is 28.6 Å². The van der Waals surface area contributed by atoms with Gasteiger partial charge in [0.25, 0.3) is 5.56 Å². The zero-order valence-corrected chi connectivity index (χ0v) is 21.6. The SMILES string of the molecule is Cc1ccc(Cn2c(=O)c(N3CCC[C@H](C(=O)Nc4ccc(C(C)C)cc4)C3)nc3cccnc32)cc1. The number of nitrogens with zero attached hydrogens (tertiary/aromatic N) is 4. The van der Waals surface area contributed by atoms with E-state index < -0.39 is 0 Å². The number of nitrogens with one attached hydrogen (secondary N) is 1. The number of hydrogen-bond acceptors (Lipinski definition) is 5. The van der Waals surface area contributed by atoms with Crippen LogP contribution in [0.2, 0.25) is 0 Å².